The van der Waals surface area contributed by atoms with E-state index in [4.69, 9.17) is 68.3 Å². The summed E-state index contributed by atoms with van der Waals surface area (Å²) >= 11 is 17.3. The molecule has 2 aromatic rings. The molecule has 0 amide bonds. The lowest BCUT2D eigenvalue weighted by Crippen LogP contribution is -2.04. The standard InChI is InChI=1S/C13H15ClO4.C12H14Cl2O4/c1-16-6-3-7-18-13-8-10(4-5-15)11(14)9-12(13)17-2;1-16-4-3-5-18-11-6-8(12(14)15)9(13)7-10(11)17-2/h8-9,15H,3,6-7H2,1-2H3;6-7H,3-5H2,1-2H3. The van der Waals surface area contributed by atoms with Gasteiger partial charge < -0.3 is 33.5 Å². The molecule has 1 N–H and O–H groups in total. The minimum absolute atomic E-state index is 0.195. The van der Waals surface area contributed by atoms with Crippen LogP contribution in [-0.4, -0.2) is 65.2 Å². The first kappa shape index (κ1) is 31.5. The number of methoxy groups -OCH3 is 4. The quantitative estimate of drug-likeness (QED) is 0.192. The van der Waals surface area contributed by atoms with E-state index in [1.54, 1.807) is 26.4 Å². The summed E-state index contributed by atoms with van der Waals surface area (Å²) in [5, 5.41) is 8.60. The molecule has 0 unspecified atom stereocenters. The zero-order valence-electron chi connectivity index (χ0n) is 20.5. The van der Waals surface area contributed by atoms with Gasteiger partial charge in [-0.05, 0) is 23.6 Å². The predicted octanol–water partition coefficient (Wildman–Crippen LogP) is 5.59. The number of carbonyl (C=O) groups excluding carboxylic acids is 1. The van der Waals surface area contributed by atoms with Gasteiger partial charge in [0.1, 0.15) is 6.11 Å². The Kier molecular flexibility index (Phi) is 15.6. The molecule has 0 atom stereocenters. The second kappa shape index (κ2) is 17.8. The summed E-state index contributed by atoms with van der Waals surface area (Å²) in [6.07, 6.45) is 3.31. The van der Waals surface area contributed by atoms with Crippen LogP contribution in [0.4, 0.5) is 0 Å². The van der Waals surface area contributed by atoms with Crippen molar-refractivity contribution in [2.75, 3.05) is 54.9 Å². The van der Waals surface area contributed by atoms with Crippen molar-refractivity contribution in [3.8, 4) is 35.0 Å². The number of benzene rings is 2. The van der Waals surface area contributed by atoms with E-state index < -0.39 is 5.24 Å². The van der Waals surface area contributed by atoms with Gasteiger partial charge in [-0.2, -0.15) is 0 Å². The Balaban J connectivity index is 0.000000360. The monoisotopic (exact) mass is 562 g/mol. The lowest BCUT2D eigenvalue weighted by molar-refractivity contribution is 0.108. The van der Waals surface area contributed by atoms with Crippen LogP contribution in [0.2, 0.25) is 10.0 Å². The molecule has 0 aromatic heterocycles. The summed E-state index contributed by atoms with van der Waals surface area (Å²) in [6.45, 7) is 2.16. The summed E-state index contributed by atoms with van der Waals surface area (Å²) in [4.78, 5) is 11.2. The van der Waals surface area contributed by atoms with Crippen LogP contribution < -0.4 is 18.9 Å². The molecule has 0 spiro atoms. The van der Waals surface area contributed by atoms with E-state index in [1.807, 2.05) is 6.11 Å². The summed E-state index contributed by atoms with van der Waals surface area (Å²) in [6, 6.07) is 6.22. The van der Waals surface area contributed by atoms with Gasteiger partial charge in [-0.3, -0.25) is 4.79 Å². The molecule has 2 rings (SSSR count). The van der Waals surface area contributed by atoms with Crippen LogP contribution in [0.15, 0.2) is 24.3 Å². The maximum Gasteiger partial charge on any atom is 0.254 e. The van der Waals surface area contributed by atoms with Crippen molar-refractivity contribution < 1.29 is 38.3 Å². The Hall–Kier alpha value is -2.54. The third-order valence-electron chi connectivity index (χ3n) is 4.41. The molecule has 0 aliphatic heterocycles. The molecule has 2 aromatic carbocycles. The molecule has 36 heavy (non-hydrogen) atoms. The number of hydrogen-bond donors (Lipinski definition) is 1. The number of aliphatic hydroxyl groups excluding tert-OH is 1. The summed E-state index contributed by atoms with van der Waals surface area (Å²) in [5.41, 5.74) is 0.683. The Bertz CT molecular complexity index is 1030. The number of ether oxygens (including phenoxy) is 6. The molecule has 0 radical (unpaired) electrons. The van der Waals surface area contributed by atoms with E-state index in [0.717, 1.165) is 12.8 Å². The Morgan fingerprint density at radius 2 is 1.28 bits per heavy atom. The van der Waals surface area contributed by atoms with Gasteiger partial charge in [0.15, 0.2) is 23.0 Å². The van der Waals surface area contributed by atoms with Crippen LogP contribution in [-0.2, 0) is 9.47 Å². The molecule has 0 bridgehead atoms. The average molecular weight is 564 g/mol. The first-order valence-electron chi connectivity index (χ1n) is 10.7. The fraction of sp³-hybridized carbons (Fsp3) is 0.400. The summed E-state index contributed by atoms with van der Waals surface area (Å²) in [5.74, 6) is 4.44. The number of rotatable bonds is 13. The Morgan fingerprint density at radius 3 is 1.72 bits per heavy atom. The molecule has 0 aliphatic carbocycles. The molecule has 0 fully saturated rings. The van der Waals surface area contributed by atoms with E-state index in [1.165, 1.54) is 26.4 Å². The number of aliphatic hydroxyl groups is 1. The van der Waals surface area contributed by atoms with Crippen LogP contribution in [0.1, 0.15) is 28.8 Å². The number of halogens is 3. The molecule has 0 aliphatic rings. The fourth-order valence-electron chi connectivity index (χ4n) is 2.69. The van der Waals surface area contributed by atoms with Crippen molar-refractivity contribution in [3.05, 3.63) is 45.4 Å². The molecule has 0 saturated heterocycles. The lowest BCUT2D eigenvalue weighted by atomic mass is 10.2. The minimum Gasteiger partial charge on any atom is -0.493 e. The predicted molar refractivity (Wildman–Crippen MR) is 139 cm³/mol. The molecule has 11 heteroatoms. The van der Waals surface area contributed by atoms with Gasteiger partial charge in [0.25, 0.3) is 5.24 Å². The van der Waals surface area contributed by atoms with Gasteiger partial charge in [0.2, 0.25) is 0 Å². The van der Waals surface area contributed by atoms with Crippen LogP contribution in [0.3, 0.4) is 0 Å². The summed E-state index contributed by atoms with van der Waals surface area (Å²) < 4.78 is 31.2. The minimum atomic E-state index is -0.635. The molecular weight excluding hydrogens is 535 g/mol. The lowest BCUT2D eigenvalue weighted by Gasteiger charge is -2.12. The SMILES string of the molecule is COCCCOc1cc(C#CO)c(Cl)cc1OC.COCCCOc1cc(C(=O)Cl)c(Cl)cc1OC. The van der Waals surface area contributed by atoms with E-state index in [0.29, 0.717) is 60.0 Å². The topological polar surface area (TPSA) is 92.7 Å². The van der Waals surface area contributed by atoms with E-state index in [2.05, 4.69) is 5.92 Å². The van der Waals surface area contributed by atoms with Crippen molar-refractivity contribution in [2.45, 2.75) is 12.8 Å². The van der Waals surface area contributed by atoms with Gasteiger partial charge in [0.05, 0.1) is 48.6 Å². The smallest absolute Gasteiger partial charge is 0.254 e. The Morgan fingerprint density at radius 1 is 0.778 bits per heavy atom. The summed E-state index contributed by atoms with van der Waals surface area (Å²) in [7, 11) is 6.28. The normalized spacial score (nSPS) is 9.86. The fourth-order valence-corrected chi connectivity index (χ4v) is 3.34. The van der Waals surface area contributed by atoms with Gasteiger partial charge >= 0.3 is 0 Å². The third-order valence-corrected chi connectivity index (χ3v) is 5.24. The first-order chi connectivity index (χ1) is 17.3. The van der Waals surface area contributed by atoms with Crippen molar-refractivity contribution in [1.82, 2.24) is 0 Å². The van der Waals surface area contributed by atoms with Crippen molar-refractivity contribution >= 4 is 40.0 Å². The van der Waals surface area contributed by atoms with Crippen LogP contribution in [0, 0.1) is 12.0 Å². The van der Waals surface area contributed by atoms with Gasteiger partial charge in [-0.25, -0.2) is 0 Å². The number of hydrogen-bond acceptors (Lipinski definition) is 8. The van der Waals surface area contributed by atoms with Gasteiger partial charge in [-0.15, -0.1) is 0 Å². The highest BCUT2D eigenvalue weighted by molar-refractivity contribution is 6.68. The largest absolute Gasteiger partial charge is 0.493 e. The van der Waals surface area contributed by atoms with Gasteiger partial charge in [0, 0.05) is 58.5 Å². The second-order valence-electron chi connectivity index (χ2n) is 6.87. The Labute approximate surface area is 226 Å². The van der Waals surface area contributed by atoms with Crippen LogP contribution >= 0.6 is 34.8 Å². The highest BCUT2D eigenvalue weighted by atomic mass is 35.5. The van der Waals surface area contributed by atoms with E-state index in [-0.39, 0.29) is 10.6 Å². The van der Waals surface area contributed by atoms with Crippen LogP contribution in [0.25, 0.3) is 0 Å². The van der Waals surface area contributed by atoms with Crippen LogP contribution in [0.5, 0.6) is 23.0 Å². The molecule has 198 valence electrons. The molecule has 0 heterocycles. The average Bonchev–Trinajstić information content (AvgIpc) is 2.86. The van der Waals surface area contributed by atoms with Crippen molar-refractivity contribution in [1.29, 1.82) is 0 Å². The van der Waals surface area contributed by atoms with E-state index in [9.17, 15) is 4.79 Å². The number of carbonyl (C=O) groups is 1. The van der Waals surface area contributed by atoms with Gasteiger partial charge in [-0.1, -0.05) is 23.2 Å². The molecular formula is C25H29Cl3O8. The molecule has 0 saturated carbocycles. The maximum absolute atomic E-state index is 11.2. The zero-order chi connectivity index (χ0) is 26.9. The van der Waals surface area contributed by atoms with Crippen molar-refractivity contribution in [3.63, 3.8) is 0 Å². The molecule has 8 nitrogen and oxygen atoms in total. The first-order valence-corrected chi connectivity index (χ1v) is 11.8. The third kappa shape index (κ3) is 10.6. The highest BCUT2D eigenvalue weighted by Crippen LogP contribution is 2.34. The highest BCUT2D eigenvalue weighted by Gasteiger charge is 2.14. The van der Waals surface area contributed by atoms with E-state index >= 15 is 0 Å². The maximum atomic E-state index is 11.2. The second-order valence-corrected chi connectivity index (χ2v) is 8.02. The zero-order valence-corrected chi connectivity index (χ0v) is 22.8. The van der Waals surface area contributed by atoms with Crippen molar-refractivity contribution in [2.24, 2.45) is 0 Å².